The Kier molecular flexibility index (Phi) is 5.97. The van der Waals surface area contributed by atoms with E-state index in [1.54, 1.807) is 12.4 Å². The Morgan fingerprint density at radius 1 is 1.24 bits per heavy atom. The minimum absolute atomic E-state index is 0.173. The largest absolute Gasteiger partial charge is 0.381 e. The first-order valence-corrected chi connectivity index (χ1v) is 10.2. The molecule has 29 heavy (non-hydrogen) atoms. The standard InChI is InChI=1S/C21H24ClN5O2/c1-2-27-20-17(13-25-27)19(26-16-7-9-29-10-8-16)18(12-23-20)21(28)24-11-14-3-5-15(22)6-4-14/h3-6,12-13,16H,2,7-11H2,1H3,(H,23,26)(H,24,28). The average molecular weight is 414 g/mol. The smallest absolute Gasteiger partial charge is 0.255 e. The fraction of sp³-hybridized carbons (Fsp3) is 0.381. The summed E-state index contributed by atoms with van der Waals surface area (Å²) in [7, 11) is 0. The van der Waals surface area contributed by atoms with E-state index in [0.29, 0.717) is 17.1 Å². The minimum atomic E-state index is -0.173. The van der Waals surface area contributed by atoms with Crippen LogP contribution in [0.4, 0.5) is 5.69 Å². The van der Waals surface area contributed by atoms with Gasteiger partial charge in [0.15, 0.2) is 5.65 Å². The number of anilines is 1. The highest BCUT2D eigenvalue weighted by Gasteiger charge is 2.22. The number of carbonyl (C=O) groups is 1. The fourth-order valence-electron chi connectivity index (χ4n) is 3.51. The maximum absolute atomic E-state index is 13.0. The molecule has 1 saturated heterocycles. The molecule has 0 saturated carbocycles. The number of carbonyl (C=O) groups excluding carboxylic acids is 1. The fourth-order valence-corrected chi connectivity index (χ4v) is 3.64. The van der Waals surface area contributed by atoms with Crippen molar-refractivity contribution in [1.29, 1.82) is 0 Å². The number of halogens is 1. The van der Waals surface area contributed by atoms with Gasteiger partial charge in [-0.25, -0.2) is 9.67 Å². The molecule has 7 nitrogen and oxygen atoms in total. The Morgan fingerprint density at radius 2 is 2.00 bits per heavy atom. The van der Waals surface area contributed by atoms with E-state index in [9.17, 15) is 4.79 Å². The van der Waals surface area contributed by atoms with Crippen molar-refractivity contribution in [1.82, 2.24) is 20.1 Å². The van der Waals surface area contributed by atoms with Crippen LogP contribution in [0.1, 0.15) is 35.7 Å². The van der Waals surface area contributed by atoms with Crippen LogP contribution in [0.25, 0.3) is 11.0 Å². The molecule has 2 aromatic heterocycles. The molecule has 1 aliphatic heterocycles. The van der Waals surface area contributed by atoms with Crippen LogP contribution in [-0.2, 0) is 17.8 Å². The first kappa shape index (κ1) is 19.7. The third kappa shape index (κ3) is 4.36. The summed E-state index contributed by atoms with van der Waals surface area (Å²) in [5.41, 5.74) is 3.06. The summed E-state index contributed by atoms with van der Waals surface area (Å²) < 4.78 is 7.30. The number of ether oxygens (including phenoxy) is 1. The summed E-state index contributed by atoms with van der Waals surface area (Å²) in [5, 5.41) is 12.5. The first-order chi connectivity index (χ1) is 14.2. The topological polar surface area (TPSA) is 81.1 Å². The van der Waals surface area contributed by atoms with Gasteiger partial charge in [-0.2, -0.15) is 5.10 Å². The highest BCUT2D eigenvalue weighted by Crippen LogP contribution is 2.28. The van der Waals surface area contributed by atoms with Crippen molar-refractivity contribution in [3.8, 4) is 0 Å². The van der Waals surface area contributed by atoms with Crippen molar-refractivity contribution in [2.24, 2.45) is 0 Å². The van der Waals surface area contributed by atoms with E-state index in [1.807, 2.05) is 35.9 Å². The van der Waals surface area contributed by atoms with E-state index < -0.39 is 0 Å². The molecular weight excluding hydrogens is 390 g/mol. The normalized spacial score (nSPS) is 14.8. The number of amides is 1. The summed E-state index contributed by atoms with van der Waals surface area (Å²) in [5.74, 6) is -0.173. The lowest BCUT2D eigenvalue weighted by atomic mass is 10.1. The molecule has 4 rings (SSSR count). The summed E-state index contributed by atoms with van der Waals surface area (Å²) in [4.78, 5) is 17.5. The maximum atomic E-state index is 13.0. The van der Waals surface area contributed by atoms with E-state index in [4.69, 9.17) is 16.3 Å². The molecule has 0 aliphatic carbocycles. The van der Waals surface area contributed by atoms with Gasteiger partial charge in [-0.15, -0.1) is 0 Å². The molecule has 0 bridgehead atoms. The number of rotatable bonds is 6. The maximum Gasteiger partial charge on any atom is 0.255 e. The van der Waals surface area contributed by atoms with Gasteiger partial charge in [0.2, 0.25) is 0 Å². The van der Waals surface area contributed by atoms with Crippen molar-refractivity contribution in [3.05, 3.63) is 52.8 Å². The van der Waals surface area contributed by atoms with Gasteiger partial charge in [0, 0.05) is 43.6 Å². The lowest BCUT2D eigenvalue weighted by Crippen LogP contribution is -2.30. The molecule has 8 heteroatoms. The molecule has 0 radical (unpaired) electrons. The molecule has 0 unspecified atom stereocenters. The number of hydrogen-bond acceptors (Lipinski definition) is 5. The highest BCUT2D eigenvalue weighted by molar-refractivity contribution is 6.30. The van der Waals surface area contributed by atoms with E-state index in [0.717, 1.165) is 54.9 Å². The molecule has 3 aromatic rings. The SMILES string of the molecule is CCn1ncc2c(NC3CCOCC3)c(C(=O)NCc3ccc(Cl)cc3)cnc21. The lowest BCUT2D eigenvalue weighted by molar-refractivity contribution is 0.0904. The van der Waals surface area contributed by atoms with Gasteiger partial charge in [-0.3, -0.25) is 4.79 Å². The number of aryl methyl sites for hydroxylation is 1. The summed E-state index contributed by atoms with van der Waals surface area (Å²) in [6.45, 7) is 4.59. The van der Waals surface area contributed by atoms with Crippen LogP contribution in [0.5, 0.6) is 0 Å². The molecule has 0 spiro atoms. The van der Waals surface area contributed by atoms with Gasteiger partial charge in [0.05, 0.1) is 22.8 Å². The van der Waals surface area contributed by atoms with Gasteiger partial charge in [-0.05, 0) is 37.5 Å². The number of benzene rings is 1. The number of nitrogens with zero attached hydrogens (tertiary/aromatic N) is 3. The van der Waals surface area contributed by atoms with E-state index in [1.165, 1.54) is 0 Å². The molecule has 152 valence electrons. The van der Waals surface area contributed by atoms with Crippen molar-refractivity contribution >= 4 is 34.2 Å². The van der Waals surface area contributed by atoms with Crippen molar-refractivity contribution in [2.75, 3.05) is 18.5 Å². The van der Waals surface area contributed by atoms with Crippen molar-refractivity contribution in [3.63, 3.8) is 0 Å². The van der Waals surface area contributed by atoms with E-state index in [2.05, 4.69) is 20.7 Å². The van der Waals surface area contributed by atoms with Gasteiger partial charge in [0.25, 0.3) is 5.91 Å². The number of aromatic nitrogens is 3. The molecule has 1 aromatic carbocycles. The van der Waals surface area contributed by atoms with Crippen molar-refractivity contribution in [2.45, 2.75) is 38.9 Å². The second-order valence-electron chi connectivity index (χ2n) is 7.08. The van der Waals surface area contributed by atoms with Gasteiger partial charge in [-0.1, -0.05) is 23.7 Å². The highest BCUT2D eigenvalue weighted by atomic mass is 35.5. The second-order valence-corrected chi connectivity index (χ2v) is 7.52. The quantitative estimate of drug-likeness (QED) is 0.645. The summed E-state index contributed by atoms with van der Waals surface area (Å²) in [6, 6.07) is 7.68. The lowest BCUT2D eigenvalue weighted by Gasteiger charge is -2.25. The van der Waals surface area contributed by atoms with Crippen LogP contribution in [0.3, 0.4) is 0 Å². The molecule has 0 atom stereocenters. The van der Waals surface area contributed by atoms with Gasteiger partial charge < -0.3 is 15.4 Å². The Morgan fingerprint density at radius 3 is 2.72 bits per heavy atom. The zero-order valence-electron chi connectivity index (χ0n) is 16.3. The van der Waals surface area contributed by atoms with Crippen LogP contribution < -0.4 is 10.6 Å². The van der Waals surface area contributed by atoms with Crippen LogP contribution in [0.2, 0.25) is 5.02 Å². The number of nitrogens with one attached hydrogen (secondary N) is 2. The van der Waals surface area contributed by atoms with Crippen LogP contribution in [0, 0.1) is 0 Å². The predicted octanol–water partition coefficient (Wildman–Crippen LogP) is 3.63. The number of hydrogen-bond donors (Lipinski definition) is 2. The van der Waals surface area contributed by atoms with Crippen molar-refractivity contribution < 1.29 is 9.53 Å². The zero-order chi connectivity index (χ0) is 20.2. The summed E-state index contributed by atoms with van der Waals surface area (Å²) in [6.07, 6.45) is 5.22. The van der Waals surface area contributed by atoms with Gasteiger partial charge in [0.1, 0.15) is 0 Å². The monoisotopic (exact) mass is 413 g/mol. The third-order valence-electron chi connectivity index (χ3n) is 5.15. The van der Waals surface area contributed by atoms with Crippen LogP contribution >= 0.6 is 11.6 Å². The molecule has 1 fully saturated rings. The first-order valence-electron chi connectivity index (χ1n) is 9.87. The second kappa shape index (κ2) is 8.80. The summed E-state index contributed by atoms with van der Waals surface area (Å²) >= 11 is 5.93. The van der Waals surface area contributed by atoms with Crippen LogP contribution in [-0.4, -0.2) is 39.9 Å². The third-order valence-corrected chi connectivity index (χ3v) is 5.40. The Labute approximate surface area is 174 Å². The Balaban J connectivity index is 1.61. The minimum Gasteiger partial charge on any atom is -0.381 e. The molecule has 1 aliphatic rings. The van der Waals surface area contributed by atoms with Gasteiger partial charge >= 0.3 is 0 Å². The Hall–Kier alpha value is -2.64. The molecule has 2 N–H and O–H groups in total. The average Bonchev–Trinajstić information content (AvgIpc) is 3.18. The number of fused-ring (bicyclic) bond motifs is 1. The number of pyridine rings is 1. The molecule has 1 amide bonds. The van der Waals surface area contributed by atoms with E-state index in [-0.39, 0.29) is 11.9 Å². The van der Waals surface area contributed by atoms with E-state index >= 15 is 0 Å². The molecule has 3 heterocycles. The zero-order valence-corrected chi connectivity index (χ0v) is 17.1. The van der Waals surface area contributed by atoms with Crippen LogP contribution in [0.15, 0.2) is 36.7 Å². The Bertz CT molecular complexity index is 996. The molecular formula is C21H24ClN5O2. The predicted molar refractivity (Wildman–Crippen MR) is 113 cm³/mol.